The van der Waals surface area contributed by atoms with Gasteiger partial charge in [0.05, 0.1) is 13.2 Å². The van der Waals surface area contributed by atoms with Crippen molar-refractivity contribution in [3.8, 4) is 0 Å². The highest BCUT2D eigenvalue weighted by atomic mass is 16.5. The van der Waals surface area contributed by atoms with E-state index in [1.54, 1.807) is 0 Å². The Morgan fingerprint density at radius 2 is 2.13 bits per heavy atom. The number of carbonyl (C=O) groups excluding carboxylic acids is 1. The second kappa shape index (κ2) is 6.48. The first-order valence-corrected chi connectivity index (χ1v) is 8.85. The monoisotopic (exact) mass is 315 g/mol. The normalized spacial score (nSPS) is 29.7. The molecule has 2 bridgehead atoms. The minimum Gasteiger partial charge on any atom is -0.378 e. The van der Waals surface area contributed by atoms with Crippen molar-refractivity contribution in [1.29, 1.82) is 0 Å². The van der Waals surface area contributed by atoms with Crippen LogP contribution in [0.25, 0.3) is 0 Å². The number of aromatic nitrogens is 1. The molecule has 2 aliphatic carbocycles. The van der Waals surface area contributed by atoms with Crippen LogP contribution in [0.1, 0.15) is 31.2 Å². The zero-order valence-electron chi connectivity index (χ0n) is 13.5. The summed E-state index contributed by atoms with van der Waals surface area (Å²) in [6.45, 7) is 3.91. The molecule has 3 aliphatic rings. The van der Waals surface area contributed by atoms with Crippen LogP contribution >= 0.6 is 0 Å². The van der Waals surface area contributed by atoms with Crippen molar-refractivity contribution < 1.29 is 9.53 Å². The number of nitrogens with one attached hydrogen (secondary N) is 1. The van der Waals surface area contributed by atoms with E-state index in [1.165, 1.54) is 19.3 Å². The van der Waals surface area contributed by atoms with Crippen LogP contribution in [-0.2, 0) is 16.1 Å². The summed E-state index contributed by atoms with van der Waals surface area (Å²) < 4.78 is 5.36. The Labute approximate surface area is 137 Å². The average molecular weight is 315 g/mol. The van der Waals surface area contributed by atoms with Gasteiger partial charge >= 0.3 is 0 Å². The third kappa shape index (κ3) is 3.20. The van der Waals surface area contributed by atoms with Crippen LogP contribution in [0.15, 0.2) is 18.3 Å². The molecule has 0 spiro atoms. The topological polar surface area (TPSA) is 54.5 Å². The number of hydrogen-bond acceptors (Lipinski definition) is 4. The average Bonchev–Trinajstić information content (AvgIpc) is 3.24. The highest BCUT2D eigenvalue weighted by Gasteiger charge is 2.42. The molecule has 3 atom stereocenters. The molecular weight excluding hydrogens is 290 g/mol. The van der Waals surface area contributed by atoms with E-state index in [2.05, 4.69) is 21.3 Å². The van der Waals surface area contributed by atoms with Gasteiger partial charge in [-0.1, -0.05) is 12.5 Å². The first kappa shape index (κ1) is 14.9. The standard InChI is InChI=1S/C18H25N3O2/c22-18(16-10-13-1-3-15(16)9-13)20-12-14-2-4-17(19-11-14)21-5-7-23-8-6-21/h2,4,11,13,15-16H,1,3,5-10,12H2,(H,20,22). The summed E-state index contributed by atoms with van der Waals surface area (Å²) in [6.07, 6.45) is 6.84. The molecule has 1 amide bonds. The van der Waals surface area contributed by atoms with Crippen molar-refractivity contribution >= 4 is 11.7 Å². The summed E-state index contributed by atoms with van der Waals surface area (Å²) in [4.78, 5) is 19.1. The van der Waals surface area contributed by atoms with Crippen molar-refractivity contribution in [1.82, 2.24) is 10.3 Å². The van der Waals surface area contributed by atoms with Crippen molar-refractivity contribution in [2.24, 2.45) is 17.8 Å². The summed E-state index contributed by atoms with van der Waals surface area (Å²) in [5.74, 6) is 2.95. The van der Waals surface area contributed by atoms with Crippen LogP contribution in [0.5, 0.6) is 0 Å². The number of amides is 1. The first-order valence-electron chi connectivity index (χ1n) is 8.85. The molecule has 5 nitrogen and oxygen atoms in total. The minimum atomic E-state index is 0.245. The van der Waals surface area contributed by atoms with Crippen LogP contribution < -0.4 is 10.2 Å². The smallest absolute Gasteiger partial charge is 0.223 e. The number of hydrogen-bond donors (Lipinski definition) is 1. The Bertz CT molecular complexity index is 554. The molecule has 0 radical (unpaired) electrons. The van der Waals surface area contributed by atoms with Gasteiger partial charge in [0.2, 0.25) is 5.91 Å². The van der Waals surface area contributed by atoms with E-state index < -0.39 is 0 Å². The molecule has 1 aromatic rings. The molecule has 4 rings (SSSR count). The van der Waals surface area contributed by atoms with E-state index in [0.29, 0.717) is 12.5 Å². The molecule has 1 saturated heterocycles. The summed E-state index contributed by atoms with van der Waals surface area (Å²) in [5, 5.41) is 3.11. The maximum Gasteiger partial charge on any atom is 0.223 e. The predicted octanol–water partition coefficient (Wildman–Crippen LogP) is 1.97. The van der Waals surface area contributed by atoms with Gasteiger partial charge < -0.3 is 15.0 Å². The van der Waals surface area contributed by atoms with Gasteiger partial charge in [-0.15, -0.1) is 0 Å². The number of nitrogens with zero attached hydrogens (tertiary/aromatic N) is 2. The van der Waals surface area contributed by atoms with Crippen LogP contribution in [0.2, 0.25) is 0 Å². The van der Waals surface area contributed by atoms with Gasteiger partial charge in [-0.3, -0.25) is 4.79 Å². The fourth-order valence-electron chi connectivity index (χ4n) is 4.39. The molecular formula is C18H25N3O2. The number of morpholine rings is 1. The summed E-state index contributed by atoms with van der Waals surface area (Å²) >= 11 is 0. The van der Waals surface area contributed by atoms with E-state index in [4.69, 9.17) is 4.74 Å². The fraction of sp³-hybridized carbons (Fsp3) is 0.667. The highest BCUT2D eigenvalue weighted by Crippen LogP contribution is 2.48. The van der Waals surface area contributed by atoms with E-state index in [1.807, 2.05) is 12.3 Å². The molecule has 1 N–H and O–H groups in total. The van der Waals surface area contributed by atoms with Crippen molar-refractivity contribution in [2.45, 2.75) is 32.2 Å². The molecule has 124 valence electrons. The van der Waals surface area contributed by atoms with Crippen molar-refractivity contribution in [3.63, 3.8) is 0 Å². The second-order valence-corrected chi connectivity index (χ2v) is 7.12. The lowest BCUT2D eigenvalue weighted by Gasteiger charge is -2.27. The van der Waals surface area contributed by atoms with Gasteiger partial charge in [0.1, 0.15) is 5.82 Å². The number of pyridine rings is 1. The maximum absolute atomic E-state index is 12.4. The molecule has 5 heteroatoms. The lowest BCUT2D eigenvalue weighted by molar-refractivity contribution is -0.126. The Morgan fingerprint density at radius 1 is 1.26 bits per heavy atom. The number of carbonyl (C=O) groups is 1. The quantitative estimate of drug-likeness (QED) is 0.923. The lowest BCUT2D eigenvalue weighted by Crippen LogP contribution is -2.36. The summed E-state index contributed by atoms with van der Waals surface area (Å²) in [5.41, 5.74) is 1.07. The van der Waals surface area contributed by atoms with E-state index in [9.17, 15) is 4.79 Å². The van der Waals surface area contributed by atoms with Gasteiger partial charge in [0.25, 0.3) is 0 Å². The molecule has 0 aromatic carbocycles. The number of rotatable bonds is 4. The van der Waals surface area contributed by atoms with Crippen LogP contribution in [0.3, 0.4) is 0 Å². The molecule has 2 saturated carbocycles. The van der Waals surface area contributed by atoms with E-state index in [0.717, 1.165) is 50.0 Å². The van der Waals surface area contributed by atoms with Crippen LogP contribution in [0.4, 0.5) is 5.82 Å². The Kier molecular flexibility index (Phi) is 4.21. The zero-order valence-corrected chi connectivity index (χ0v) is 13.5. The number of anilines is 1. The van der Waals surface area contributed by atoms with Gasteiger partial charge in [-0.2, -0.15) is 0 Å². The molecule has 23 heavy (non-hydrogen) atoms. The molecule has 2 heterocycles. The van der Waals surface area contributed by atoms with Gasteiger partial charge in [0, 0.05) is 31.7 Å². The van der Waals surface area contributed by atoms with Crippen molar-refractivity contribution in [3.05, 3.63) is 23.9 Å². The Balaban J connectivity index is 1.30. The van der Waals surface area contributed by atoms with Crippen LogP contribution in [-0.4, -0.2) is 37.2 Å². The fourth-order valence-corrected chi connectivity index (χ4v) is 4.39. The first-order chi connectivity index (χ1) is 11.3. The van der Waals surface area contributed by atoms with Gasteiger partial charge in [-0.05, 0) is 42.7 Å². The van der Waals surface area contributed by atoms with Crippen LogP contribution in [0, 0.1) is 17.8 Å². The SMILES string of the molecule is O=C(NCc1ccc(N2CCOCC2)nc1)C1CC2CCC1C2. The summed E-state index contributed by atoms with van der Waals surface area (Å²) in [6, 6.07) is 4.11. The Morgan fingerprint density at radius 3 is 2.78 bits per heavy atom. The molecule has 1 aromatic heterocycles. The maximum atomic E-state index is 12.4. The third-order valence-electron chi connectivity index (χ3n) is 5.69. The zero-order chi connectivity index (χ0) is 15.6. The molecule has 3 fully saturated rings. The predicted molar refractivity (Wildman–Crippen MR) is 88.1 cm³/mol. The minimum absolute atomic E-state index is 0.245. The second-order valence-electron chi connectivity index (χ2n) is 7.12. The van der Waals surface area contributed by atoms with Gasteiger partial charge in [0.15, 0.2) is 0 Å². The molecule has 3 unspecified atom stereocenters. The Hall–Kier alpha value is -1.62. The van der Waals surface area contributed by atoms with Crippen molar-refractivity contribution in [2.75, 3.05) is 31.2 Å². The molecule has 1 aliphatic heterocycles. The van der Waals surface area contributed by atoms with E-state index >= 15 is 0 Å². The third-order valence-corrected chi connectivity index (χ3v) is 5.69. The number of fused-ring (bicyclic) bond motifs is 2. The highest BCUT2D eigenvalue weighted by molar-refractivity contribution is 5.79. The van der Waals surface area contributed by atoms with E-state index in [-0.39, 0.29) is 11.8 Å². The largest absolute Gasteiger partial charge is 0.378 e. The van der Waals surface area contributed by atoms with Gasteiger partial charge in [-0.25, -0.2) is 4.98 Å². The summed E-state index contributed by atoms with van der Waals surface area (Å²) in [7, 11) is 0. The number of ether oxygens (including phenoxy) is 1. The lowest BCUT2D eigenvalue weighted by atomic mass is 9.88.